The third kappa shape index (κ3) is 4.62. The quantitative estimate of drug-likeness (QED) is 0.848. The average Bonchev–Trinajstić information content (AvgIpc) is 2.53. The number of hydrogen-bond acceptors (Lipinski definition) is 4. The summed E-state index contributed by atoms with van der Waals surface area (Å²) in [7, 11) is 0. The van der Waals surface area contributed by atoms with Crippen LogP contribution in [0.15, 0.2) is 24.3 Å². The minimum atomic E-state index is 0.198. The van der Waals surface area contributed by atoms with Crippen LogP contribution in [0, 0.1) is 5.92 Å². The first-order chi connectivity index (χ1) is 10.5. The highest BCUT2D eigenvalue weighted by Crippen LogP contribution is 2.20. The number of benzene rings is 1. The molecular formula is C18H32N4. The molecule has 0 amide bonds. The van der Waals surface area contributed by atoms with E-state index >= 15 is 0 Å². The summed E-state index contributed by atoms with van der Waals surface area (Å²) in [6, 6.07) is 9.61. The Morgan fingerprint density at radius 1 is 1.00 bits per heavy atom. The lowest BCUT2D eigenvalue weighted by Crippen LogP contribution is -2.48. The van der Waals surface area contributed by atoms with Crippen molar-refractivity contribution in [1.82, 2.24) is 4.90 Å². The maximum absolute atomic E-state index is 6.07. The maximum atomic E-state index is 6.07. The van der Waals surface area contributed by atoms with Gasteiger partial charge in [-0.15, -0.1) is 0 Å². The topological polar surface area (TPSA) is 44.5 Å². The van der Waals surface area contributed by atoms with E-state index in [9.17, 15) is 0 Å². The van der Waals surface area contributed by atoms with Crippen LogP contribution in [0.2, 0.25) is 0 Å². The fourth-order valence-corrected chi connectivity index (χ4v) is 2.76. The second kappa shape index (κ2) is 7.84. The summed E-state index contributed by atoms with van der Waals surface area (Å²) in [5.41, 5.74) is 8.55. The van der Waals surface area contributed by atoms with E-state index in [1.165, 1.54) is 5.69 Å². The van der Waals surface area contributed by atoms with Crippen molar-refractivity contribution in [2.24, 2.45) is 11.7 Å². The Labute approximate surface area is 135 Å². The van der Waals surface area contributed by atoms with Gasteiger partial charge in [0.25, 0.3) is 0 Å². The number of hydrogen-bond donors (Lipinski definition) is 2. The van der Waals surface area contributed by atoms with E-state index in [1.54, 1.807) is 0 Å². The summed E-state index contributed by atoms with van der Waals surface area (Å²) in [6.45, 7) is 14.2. The average molecular weight is 304 g/mol. The van der Waals surface area contributed by atoms with Crippen molar-refractivity contribution in [3.63, 3.8) is 0 Å². The Bertz CT molecular complexity index is 433. The van der Waals surface area contributed by atoms with E-state index in [0.29, 0.717) is 12.0 Å². The lowest BCUT2D eigenvalue weighted by molar-refractivity contribution is 0.209. The summed E-state index contributed by atoms with van der Waals surface area (Å²) in [5, 5.41) is 3.43. The molecule has 1 aliphatic heterocycles. The third-order valence-electron chi connectivity index (χ3n) is 4.68. The van der Waals surface area contributed by atoms with Crippen LogP contribution >= 0.6 is 0 Å². The van der Waals surface area contributed by atoms with Crippen molar-refractivity contribution in [2.45, 2.75) is 39.8 Å². The molecule has 1 aromatic rings. The molecule has 1 aromatic carbocycles. The molecule has 0 bridgehead atoms. The second-order valence-corrected chi connectivity index (χ2v) is 6.95. The summed E-state index contributed by atoms with van der Waals surface area (Å²) >= 11 is 0. The minimum absolute atomic E-state index is 0.198. The number of nitrogens with two attached hydrogens (primary N) is 1. The van der Waals surface area contributed by atoms with Crippen LogP contribution in [0.25, 0.3) is 0 Å². The lowest BCUT2D eigenvalue weighted by atomic mass is 10.1. The van der Waals surface area contributed by atoms with Crippen molar-refractivity contribution < 1.29 is 0 Å². The van der Waals surface area contributed by atoms with Gasteiger partial charge in [0, 0.05) is 56.2 Å². The van der Waals surface area contributed by atoms with Crippen molar-refractivity contribution in [2.75, 3.05) is 42.9 Å². The molecule has 0 spiro atoms. The Kier molecular flexibility index (Phi) is 6.09. The van der Waals surface area contributed by atoms with E-state index in [4.69, 9.17) is 5.73 Å². The molecule has 3 N–H and O–H groups in total. The Balaban J connectivity index is 1.84. The van der Waals surface area contributed by atoms with E-state index < -0.39 is 0 Å². The SMILES string of the molecule is CC(C)C(N)CNc1ccc(N2CCN(C(C)C)CC2)cc1. The molecule has 2 rings (SSSR count). The Morgan fingerprint density at radius 2 is 1.59 bits per heavy atom. The summed E-state index contributed by atoms with van der Waals surface area (Å²) < 4.78 is 0. The van der Waals surface area contributed by atoms with Crippen molar-refractivity contribution in [1.29, 1.82) is 0 Å². The molecule has 4 heteroatoms. The molecule has 0 aromatic heterocycles. The molecule has 1 atom stereocenters. The molecule has 1 unspecified atom stereocenters. The van der Waals surface area contributed by atoms with Gasteiger partial charge in [0.2, 0.25) is 0 Å². The van der Waals surface area contributed by atoms with Gasteiger partial charge in [-0.25, -0.2) is 0 Å². The van der Waals surface area contributed by atoms with Crippen LogP contribution in [0.5, 0.6) is 0 Å². The zero-order valence-corrected chi connectivity index (χ0v) is 14.5. The third-order valence-corrected chi connectivity index (χ3v) is 4.68. The summed E-state index contributed by atoms with van der Waals surface area (Å²) in [5.74, 6) is 0.504. The molecule has 22 heavy (non-hydrogen) atoms. The predicted molar refractivity (Wildman–Crippen MR) is 96.7 cm³/mol. The normalized spacial score (nSPS) is 18.0. The van der Waals surface area contributed by atoms with Crippen LogP contribution in [-0.4, -0.2) is 49.7 Å². The van der Waals surface area contributed by atoms with Crippen molar-refractivity contribution in [3.05, 3.63) is 24.3 Å². The zero-order chi connectivity index (χ0) is 16.1. The molecule has 0 aliphatic carbocycles. The van der Waals surface area contributed by atoms with E-state index in [1.807, 2.05) is 0 Å². The summed E-state index contributed by atoms with van der Waals surface area (Å²) in [4.78, 5) is 5.02. The Hall–Kier alpha value is -1.26. The van der Waals surface area contributed by atoms with Crippen molar-refractivity contribution >= 4 is 11.4 Å². The van der Waals surface area contributed by atoms with Gasteiger partial charge < -0.3 is 16.0 Å². The number of piperazine rings is 1. The highest BCUT2D eigenvalue weighted by Gasteiger charge is 2.18. The fourth-order valence-electron chi connectivity index (χ4n) is 2.76. The van der Waals surface area contributed by atoms with Gasteiger partial charge in [-0.05, 0) is 44.0 Å². The van der Waals surface area contributed by atoms with Gasteiger partial charge >= 0.3 is 0 Å². The fraction of sp³-hybridized carbons (Fsp3) is 0.667. The molecule has 1 aliphatic rings. The smallest absolute Gasteiger partial charge is 0.0368 e. The van der Waals surface area contributed by atoms with Crippen LogP contribution in [-0.2, 0) is 0 Å². The number of rotatable bonds is 6. The van der Waals surface area contributed by atoms with Crippen LogP contribution in [0.4, 0.5) is 11.4 Å². The highest BCUT2D eigenvalue weighted by atomic mass is 15.3. The van der Waals surface area contributed by atoms with Gasteiger partial charge in [-0.1, -0.05) is 13.8 Å². The van der Waals surface area contributed by atoms with Gasteiger partial charge in [-0.3, -0.25) is 4.90 Å². The predicted octanol–water partition coefficient (Wildman–Crippen LogP) is 2.61. The molecule has 1 saturated heterocycles. The minimum Gasteiger partial charge on any atom is -0.383 e. The van der Waals surface area contributed by atoms with Gasteiger partial charge in [0.05, 0.1) is 0 Å². The first-order valence-electron chi connectivity index (χ1n) is 8.56. The first-order valence-corrected chi connectivity index (χ1v) is 8.56. The molecule has 0 radical (unpaired) electrons. The van der Waals surface area contributed by atoms with Gasteiger partial charge in [0.1, 0.15) is 0 Å². The van der Waals surface area contributed by atoms with Gasteiger partial charge in [-0.2, -0.15) is 0 Å². The second-order valence-electron chi connectivity index (χ2n) is 6.95. The van der Waals surface area contributed by atoms with Crippen LogP contribution in [0.3, 0.4) is 0 Å². The Morgan fingerprint density at radius 3 is 2.09 bits per heavy atom. The number of nitrogens with one attached hydrogen (secondary N) is 1. The molecule has 1 heterocycles. The zero-order valence-electron chi connectivity index (χ0n) is 14.5. The van der Waals surface area contributed by atoms with E-state index in [2.05, 4.69) is 67.1 Å². The molecular weight excluding hydrogens is 272 g/mol. The standard InChI is InChI=1S/C18H32N4/c1-14(2)18(19)13-20-16-5-7-17(8-6-16)22-11-9-21(10-12-22)15(3)4/h5-8,14-15,18,20H,9-13,19H2,1-4H3. The van der Waals surface area contributed by atoms with Crippen LogP contribution < -0.4 is 16.0 Å². The monoisotopic (exact) mass is 304 g/mol. The van der Waals surface area contributed by atoms with Crippen molar-refractivity contribution in [3.8, 4) is 0 Å². The van der Waals surface area contributed by atoms with E-state index in [0.717, 1.165) is 38.4 Å². The number of nitrogens with zero attached hydrogens (tertiary/aromatic N) is 2. The molecule has 124 valence electrons. The maximum Gasteiger partial charge on any atom is 0.0368 e. The summed E-state index contributed by atoms with van der Waals surface area (Å²) in [6.07, 6.45) is 0. The molecule has 0 saturated carbocycles. The first kappa shape index (κ1) is 17.1. The molecule has 1 fully saturated rings. The number of anilines is 2. The lowest BCUT2D eigenvalue weighted by Gasteiger charge is -2.38. The molecule has 4 nitrogen and oxygen atoms in total. The van der Waals surface area contributed by atoms with Gasteiger partial charge in [0.15, 0.2) is 0 Å². The highest BCUT2D eigenvalue weighted by molar-refractivity contribution is 5.55. The largest absolute Gasteiger partial charge is 0.383 e. The van der Waals surface area contributed by atoms with E-state index in [-0.39, 0.29) is 6.04 Å². The van der Waals surface area contributed by atoms with Crippen LogP contribution in [0.1, 0.15) is 27.7 Å².